The Morgan fingerprint density at radius 2 is 1.95 bits per heavy atom. The third kappa shape index (κ3) is 2.09. The van der Waals surface area contributed by atoms with E-state index in [4.69, 9.17) is 0 Å². The van der Waals surface area contributed by atoms with E-state index in [-0.39, 0.29) is 0 Å². The fourth-order valence-corrected chi connectivity index (χ4v) is 3.39. The van der Waals surface area contributed by atoms with Gasteiger partial charge in [-0.2, -0.15) is 0 Å². The number of hydrogen-bond acceptors (Lipinski definition) is 0. The molecule has 2 nitrogen and oxygen atoms in total. The van der Waals surface area contributed by atoms with Crippen molar-refractivity contribution in [2.24, 2.45) is 0 Å². The lowest BCUT2D eigenvalue weighted by atomic mass is 10.1. The maximum absolute atomic E-state index is 3.55. The van der Waals surface area contributed by atoms with Crippen molar-refractivity contribution in [2.45, 2.75) is 13.5 Å². The molecule has 0 aliphatic rings. The fourth-order valence-electron chi connectivity index (χ4n) is 3.02. The van der Waals surface area contributed by atoms with Gasteiger partial charge in [-0.05, 0) is 42.3 Å². The first-order valence-corrected chi connectivity index (χ1v) is 7.81. The molecule has 104 valence electrons. The zero-order valence-corrected chi connectivity index (χ0v) is 13.3. The zero-order chi connectivity index (χ0) is 14.4. The number of para-hydroxylation sites is 1. The van der Waals surface area contributed by atoms with Crippen molar-refractivity contribution in [3.63, 3.8) is 0 Å². The van der Waals surface area contributed by atoms with Crippen molar-refractivity contribution in [1.29, 1.82) is 0 Å². The number of aromatic amines is 1. The van der Waals surface area contributed by atoms with E-state index in [0.717, 1.165) is 11.0 Å². The summed E-state index contributed by atoms with van der Waals surface area (Å²) >= 11 is 3.55. The Balaban J connectivity index is 1.84. The highest BCUT2D eigenvalue weighted by molar-refractivity contribution is 9.10. The van der Waals surface area contributed by atoms with Crippen molar-refractivity contribution < 1.29 is 0 Å². The van der Waals surface area contributed by atoms with Gasteiger partial charge in [-0.15, -0.1) is 0 Å². The molecular formula is C18H15BrN2. The Morgan fingerprint density at radius 3 is 2.86 bits per heavy atom. The van der Waals surface area contributed by atoms with Crippen molar-refractivity contribution in [2.75, 3.05) is 0 Å². The van der Waals surface area contributed by atoms with E-state index in [1.54, 1.807) is 0 Å². The van der Waals surface area contributed by atoms with Crippen LogP contribution in [0.2, 0.25) is 0 Å². The van der Waals surface area contributed by atoms with Crippen molar-refractivity contribution in [1.82, 2.24) is 9.55 Å². The summed E-state index contributed by atoms with van der Waals surface area (Å²) in [5.41, 5.74) is 5.11. The normalized spacial score (nSPS) is 11.5. The molecule has 0 atom stereocenters. The van der Waals surface area contributed by atoms with Crippen LogP contribution in [-0.2, 0) is 6.54 Å². The first-order chi connectivity index (χ1) is 10.2. The number of rotatable bonds is 2. The Morgan fingerprint density at radius 1 is 1.10 bits per heavy atom. The highest BCUT2D eigenvalue weighted by Gasteiger charge is 2.09. The molecule has 2 heterocycles. The number of nitrogens with one attached hydrogen (secondary N) is 1. The average Bonchev–Trinajstić information content (AvgIpc) is 3.02. The summed E-state index contributed by atoms with van der Waals surface area (Å²) in [6, 6.07) is 14.9. The highest BCUT2D eigenvalue weighted by atomic mass is 79.9. The van der Waals surface area contributed by atoms with Crippen LogP contribution in [0, 0.1) is 6.92 Å². The van der Waals surface area contributed by atoms with Gasteiger partial charge in [0.2, 0.25) is 0 Å². The summed E-state index contributed by atoms with van der Waals surface area (Å²) < 4.78 is 3.45. The molecule has 0 saturated heterocycles. The molecule has 2 aromatic carbocycles. The smallest absolute Gasteiger partial charge is 0.0497 e. The highest BCUT2D eigenvalue weighted by Crippen LogP contribution is 2.26. The summed E-state index contributed by atoms with van der Waals surface area (Å²) in [6.07, 6.45) is 4.35. The summed E-state index contributed by atoms with van der Waals surface area (Å²) in [6.45, 7) is 3.05. The predicted molar refractivity (Wildman–Crippen MR) is 91.8 cm³/mol. The Labute approximate surface area is 131 Å². The fraction of sp³-hybridized carbons (Fsp3) is 0.111. The van der Waals surface area contributed by atoms with E-state index in [2.05, 4.69) is 87.3 Å². The maximum atomic E-state index is 3.55. The number of fused-ring (bicyclic) bond motifs is 2. The van der Waals surface area contributed by atoms with Gasteiger partial charge < -0.3 is 9.55 Å². The van der Waals surface area contributed by atoms with Gasteiger partial charge in [-0.3, -0.25) is 0 Å². The molecule has 0 radical (unpaired) electrons. The summed E-state index contributed by atoms with van der Waals surface area (Å²) in [7, 11) is 0. The van der Waals surface area contributed by atoms with Crippen LogP contribution in [0.15, 0.2) is 59.3 Å². The van der Waals surface area contributed by atoms with E-state index in [1.807, 2.05) is 0 Å². The van der Waals surface area contributed by atoms with Gasteiger partial charge in [0.15, 0.2) is 0 Å². The molecule has 0 unspecified atom stereocenters. The Hall–Kier alpha value is -2.00. The molecule has 0 fully saturated rings. The Bertz CT molecular complexity index is 946. The summed E-state index contributed by atoms with van der Waals surface area (Å²) in [5, 5.41) is 2.61. The van der Waals surface area contributed by atoms with E-state index >= 15 is 0 Å². The molecule has 2 aromatic heterocycles. The summed E-state index contributed by atoms with van der Waals surface area (Å²) in [4.78, 5) is 3.35. The number of nitrogens with zero attached hydrogens (tertiary/aromatic N) is 1. The molecule has 3 heteroatoms. The third-order valence-corrected chi connectivity index (χ3v) is 4.55. The molecular weight excluding hydrogens is 324 g/mol. The molecule has 21 heavy (non-hydrogen) atoms. The quantitative estimate of drug-likeness (QED) is 0.515. The molecule has 0 saturated carbocycles. The van der Waals surface area contributed by atoms with Crippen LogP contribution in [0.25, 0.3) is 21.8 Å². The van der Waals surface area contributed by atoms with E-state index in [0.29, 0.717) is 0 Å². The molecule has 0 spiro atoms. The number of H-pyrrole nitrogens is 1. The van der Waals surface area contributed by atoms with E-state index < -0.39 is 0 Å². The SMILES string of the molecule is Cc1cn(Cc2c[nH]c3ccccc23)c2ccc(Br)cc12. The lowest BCUT2D eigenvalue weighted by molar-refractivity contribution is 0.840. The monoisotopic (exact) mass is 338 g/mol. The van der Waals surface area contributed by atoms with Crippen LogP contribution in [0.4, 0.5) is 0 Å². The van der Waals surface area contributed by atoms with Crippen LogP contribution >= 0.6 is 15.9 Å². The number of benzene rings is 2. The second-order valence-corrected chi connectivity index (χ2v) is 6.38. The topological polar surface area (TPSA) is 20.7 Å². The minimum atomic E-state index is 0.885. The predicted octanol–water partition coefficient (Wildman–Crippen LogP) is 5.24. The van der Waals surface area contributed by atoms with Crippen LogP contribution in [-0.4, -0.2) is 9.55 Å². The molecule has 4 aromatic rings. The maximum Gasteiger partial charge on any atom is 0.0497 e. The molecule has 0 aliphatic carbocycles. The van der Waals surface area contributed by atoms with Crippen molar-refractivity contribution in [3.8, 4) is 0 Å². The average molecular weight is 339 g/mol. The Kier molecular flexibility index (Phi) is 2.89. The molecule has 4 rings (SSSR count). The van der Waals surface area contributed by atoms with Gasteiger partial charge in [-0.25, -0.2) is 0 Å². The van der Waals surface area contributed by atoms with Crippen LogP contribution in [0.1, 0.15) is 11.1 Å². The molecule has 0 bridgehead atoms. The molecule has 0 amide bonds. The minimum Gasteiger partial charge on any atom is -0.361 e. The standard InChI is InChI=1S/C18H15BrN2/c1-12-10-21(18-7-6-14(19)8-16(12)18)11-13-9-20-17-5-3-2-4-15(13)17/h2-10,20H,11H2,1H3. The van der Waals surface area contributed by atoms with Gasteiger partial charge >= 0.3 is 0 Å². The largest absolute Gasteiger partial charge is 0.361 e. The van der Waals surface area contributed by atoms with Crippen molar-refractivity contribution in [3.05, 3.63) is 70.5 Å². The van der Waals surface area contributed by atoms with Crippen LogP contribution < -0.4 is 0 Å². The summed E-state index contributed by atoms with van der Waals surface area (Å²) in [5.74, 6) is 0. The first kappa shape index (κ1) is 12.7. The number of halogens is 1. The number of aromatic nitrogens is 2. The van der Waals surface area contributed by atoms with E-state index in [9.17, 15) is 0 Å². The second kappa shape index (κ2) is 4.78. The lowest BCUT2D eigenvalue weighted by Gasteiger charge is -2.05. The van der Waals surface area contributed by atoms with Gasteiger partial charge in [0.05, 0.1) is 0 Å². The van der Waals surface area contributed by atoms with Gasteiger partial charge in [0.25, 0.3) is 0 Å². The molecule has 0 aliphatic heterocycles. The van der Waals surface area contributed by atoms with Gasteiger partial charge in [0, 0.05) is 45.2 Å². The second-order valence-electron chi connectivity index (χ2n) is 5.46. The van der Waals surface area contributed by atoms with Crippen molar-refractivity contribution >= 4 is 37.7 Å². The van der Waals surface area contributed by atoms with Crippen LogP contribution in [0.3, 0.4) is 0 Å². The lowest BCUT2D eigenvalue weighted by Crippen LogP contribution is -1.96. The third-order valence-electron chi connectivity index (χ3n) is 4.06. The van der Waals surface area contributed by atoms with Gasteiger partial charge in [-0.1, -0.05) is 34.1 Å². The number of aryl methyl sites for hydroxylation is 1. The molecule has 1 N–H and O–H groups in total. The minimum absolute atomic E-state index is 0.885. The first-order valence-electron chi connectivity index (χ1n) is 7.02. The van der Waals surface area contributed by atoms with E-state index in [1.165, 1.54) is 32.9 Å². The zero-order valence-electron chi connectivity index (χ0n) is 11.7. The number of hydrogen-bond donors (Lipinski definition) is 1. The van der Waals surface area contributed by atoms with Crippen LogP contribution in [0.5, 0.6) is 0 Å². The van der Waals surface area contributed by atoms with Gasteiger partial charge in [0.1, 0.15) is 0 Å².